The van der Waals surface area contributed by atoms with Crippen LogP contribution in [-0.4, -0.2) is 23.6 Å². The highest BCUT2D eigenvalue weighted by atomic mass is 16.5. The Morgan fingerprint density at radius 2 is 1.82 bits per heavy atom. The number of amides is 1. The van der Waals surface area contributed by atoms with Crippen molar-refractivity contribution < 1.29 is 19.1 Å². The molecule has 2 N–H and O–H groups in total. The summed E-state index contributed by atoms with van der Waals surface area (Å²) >= 11 is 0. The van der Waals surface area contributed by atoms with Gasteiger partial charge in [-0.15, -0.1) is 0 Å². The maximum atomic E-state index is 12.7. The SMILES string of the molecule is CCCC1OC(C(N)=O)=CC2=C1C(=O)c1ccccc1C2=O. The molecule has 1 aromatic rings. The quantitative estimate of drug-likeness (QED) is 0.923. The largest absolute Gasteiger partial charge is 0.480 e. The van der Waals surface area contributed by atoms with Crippen LogP contribution >= 0.6 is 0 Å². The Morgan fingerprint density at radius 1 is 1.18 bits per heavy atom. The van der Waals surface area contributed by atoms with Crippen LogP contribution in [-0.2, 0) is 9.53 Å². The fraction of sp³-hybridized carbons (Fsp3) is 0.235. The molecule has 0 saturated carbocycles. The number of ketones is 2. The van der Waals surface area contributed by atoms with Crippen LogP contribution in [0.3, 0.4) is 0 Å². The van der Waals surface area contributed by atoms with Crippen molar-refractivity contribution in [3.05, 3.63) is 58.4 Å². The van der Waals surface area contributed by atoms with Crippen LogP contribution in [0.5, 0.6) is 0 Å². The minimum atomic E-state index is -0.744. The lowest BCUT2D eigenvalue weighted by Crippen LogP contribution is -2.35. The van der Waals surface area contributed by atoms with E-state index < -0.39 is 12.0 Å². The van der Waals surface area contributed by atoms with Gasteiger partial charge < -0.3 is 10.5 Å². The Bertz CT molecular complexity index is 758. The predicted octanol–water partition coefficient (Wildman–Crippen LogP) is 1.93. The molecule has 1 atom stereocenters. The molecule has 0 aromatic heterocycles. The summed E-state index contributed by atoms with van der Waals surface area (Å²) in [6.45, 7) is 1.94. The van der Waals surface area contributed by atoms with Gasteiger partial charge >= 0.3 is 0 Å². The van der Waals surface area contributed by atoms with Crippen LogP contribution in [0.15, 0.2) is 47.2 Å². The fourth-order valence-electron chi connectivity index (χ4n) is 2.85. The molecule has 0 bridgehead atoms. The molecule has 112 valence electrons. The molecule has 2 aliphatic rings. The average Bonchev–Trinajstić information content (AvgIpc) is 2.52. The molecule has 5 heteroatoms. The van der Waals surface area contributed by atoms with Gasteiger partial charge in [-0.25, -0.2) is 0 Å². The predicted molar refractivity (Wildman–Crippen MR) is 79.2 cm³/mol. The van der Waals surface area contributed by atoms with E-state index in [-0.39, 0.29) is 22.9 Å². The van der Waals surface area contributed by atoms with Crippen LogP contribution in [0.2, 0.25) is 0 Å². The summed E-state index contributed by atoms with van der Waals surface area (Å²) in [6.07, 6.45) is 1.96. The number of hydrogen-bond acceptors (Lipinski definition) is 4. The summed E-state index contributed by atoms with van der Waals surface area (Å²) in [5.41, 5.74) is 6.56. The van der Waals surface area contributed by atoms with E-state index in [1.54, 1.807) is 24.3 Å². The van der Waals surface area contributed by atoms with Gasteiger partial charge in [0.15, 0.2) is 17.3 Å². The van der Waals surface area contributed by atoms with Gasteiger partial charge in [-0.05, 0) is 12.5 Å². The normalized spacial score (nSPS) is 20.0. The number of benzene rings is 1. The Kier molecular flexibility index (Phi) is 3.41. The van der Waals surface area contributed by atoms with Crippen LogP contribution in [0.4, 0.5) is 0 Å². The second-order valence-corrected chi connectivity index (χ2v) is 5.30. The number of primary amides is 1. The topological polar surface area (TPSA) is 86.5 Å². The summed E-state index contributed by atoms with van der Waals surface area (Å²) in [6, 6.07) is 6.67. The van der Waals surface area contributed by atoms with Crippen molar-refractivity contribution in [2.24, 2.45) is 5.73 Å². The van der Waals surface area contributed by atoms with Crippen molar-refractivity contribution in [2.45, 2.75) is 25.9 Å². The molecule has 0 spiro atoms. The van der Waals surface area contributed by atoms with Gasteiger partial charge in [-0.2, -0.15) is 0 Å². The maximum absolute atomic E-state index is 12.7. The third-order valence-electron chi connectivity index (χ3n) is 3.86. The highest BCUT2D eigenvalue weighted by Gasteiger charge is 2.39. The van der Waals surface area contributed by atoms with Crippen LogP contribution in [0.1, 0.15) is 40.5 Å². The molecule has 1 aromatic carbocycles. The van der Waals surface area contributed by atoms with Crippen molar-refractivity contribution in [3.63, 3.8) is 0 Å². The number of allylic oxidation sites excluding steroid dienone is 2. The minimum absolute atomic E-state index is 0.0715. The van der Waals surface area contributed by atoms with Crippen molar-refractivity contribution in [3.8, 4) is 0 Å². The zero-order valence-corrected chi connectivity index (χ0v) is 12.1. The summed E-state index contributed by atoms with van der Waals surface area (Å²) in [7, 11) is 0. The number of Topliss-reactive ketones (excluding diaryl/α,β-unsaturated/α-hetero) is 2. The van der Waals surface area contributed by atoms with Crippen molar-refractivity contribution >= 4 is 17.5 Å². The van der Waals surface area contributed by atoms with Gasteiger partial charge in [0.25, 0.3) is 5.91 Å². The molecule has 1 aliphatic carbocycles. The summed E-state index contributed by atoms with van der Waals surface area (Å²) in [4.78, 5) is 36.8. The molecule has 0 fully saturated rings. The summed E-state index contributed by atoms with van der Waals surface area (Å²) < 4.78 is 5.55. The summed E-state index contributed by atoms with van der Waals surface area (Å²) in [5.74, 6) is -1.30. The van der Waals surface area contributed by atoms with E-state index in [2.05, 4.69) is 0 Å². The second-order valence-electron chi connectivity index (χ2n) is 5.30. The third kappa shape index (κ3) is 2.06. The monoisotopic (exact) mass is 297 g/mol. The average molecular weight is 297 g/mol. The van der Waals surface area contributed by atoms with Crippen molar-refractivity contribution in [1.29, 1.82) is 0 Å². The molecule has 5 nitrogen and oxygen atoms in total. The maximum Gasteiger partial charge on any atom is 0.283 e. The van der Waals surface area contributed by atoms with Gasteiger partial charge in [0, 0.05) is 16.7 Å². The highest BCUT2D eigenvalue weighted by Crippen LogP contribution is 2.35. The minimum Gasteiger partial charge on any atom is -0.480 e. The molecular weight excluding hydrogens is 282 g/mol. The second kappa shape index (κ2) is 5.26. The number of nitrogens with two attached hydrogens (primary N) is 1. The number of fused-ring (bicyclic) bond motifs is 1. The Morgan fingerprint density at radius 3 is 2.41 bits per heavy atom. The van der Waals surface area contributed by atoms with Crippen LogP contribution in [0.25, 0.3) is 0 Å². The Balaban J connectivity index is 2.20. The van der Waals surface area contributed by atoms with Crippen molar-refractivity contribution in [1.82, 2.24) is 0 Å². The zero-order valence-electron chi connectivity index (χ0n) is 12.1. The van der Waals surface area contributed by atoms with Gasteiger partial charge in [0.2, 0.25) is 0 Å². The highest BCUT2D eigenvalue weighted by molar-refractivity contribution is 6.28. The van der Waals surface area contributed by atoms with E-state index >= 15 is 0 Å². The zero-order chi connectivity index (χ0) is 15.9. The third-order valence-corrected chi connectivity index (χ3v) is 3.86. The van der Waals surface area contributed by atoms with E-state index in [9.17, 15) is 14.4 Å². The first-order valence-corrected chi connectivity index (χ1v) is 7.15. The standard InChI is InChI=1S/C17H15NO4/c1-2-5-12-14-11(8-13(22-12)17(18)21)15(19)9-6-3-4-7-10(9)16(14)20/h3-4,6-8,12H,2,5H2,1H3,(H2,18,21). The van der Waals surface area contributed by atoms with E-state index in [4.69, 9.17) is 10.5 Å². The van der Waals surface area contributed by atoms with Crippen molar-refractivity contribution in [2.75, 3.05) is 0 Å². The number of ether oxygens (including phenoxy) is 1. The van der Waals surface area contributed by atoms with Gasteiger partial charge in [0.05, 0.1) is 5.57 Å². The van der Waals surface area contributed by atoms with Crippen LogP contribution in [0, 0.1) is 0 Å². The van der Waals surface area contributed by atoms with E-state index in [1.165, 1.54) is 6.08 Å². The molecule has 22 heavy (non-hydrogen) atoms. The lowest BCUT2D eigenvalue weighted by Gasteiger charge is -2.30. The number of carbonyl (C=O) groups excluding carboxylic acids is 3. The molecule has 0 radical (unpaired) electrons. The first-order valence-electron chi connectivity index (χ1n) is 7.15. The lowest BCUT2D eigenvalue weighted by molar-refractivity contribution is -0.118. The molecule has 1 amide bonds. The molecule has 1 aliphatic heterocycles. The van der Waals surface area contributed by atoms with E-state index in [0.717, 1.165) is 6.42 Å². The molecule has 1 heterocycles. The van der Waals surface area contributed by atoms with E-state index in [1.807, 2.05) is 6.92 Å². The smallest absolute Gasteiger partial charge is 0.283 e. The number of carbonyl (C=O) groups is 3. The van der Waals surface area contributed by atoms with Gasteiger partial charge in [-0.1, -0.05) is 37.6 Å². The van der Waals surface area contributed by atoms with E-state index in [0.29, 0.717) is 23.1 Å². The fourth-order valence-corrected chi connectivity index (χ4v) is 2.85. The Hall–Kier alpha value is -2.69. The molecule has 0 saturated heterocycles. The first kappa shape index (κ1) is 14.3. The molecule has 1 unspecified atom stereocenters. The molecular formula is C17H15NO4. The Labute approximate surface area is 127 Å². The van der Waals surface area contributed by atoms with Gasteiger partial charge in [-0.3, -0.25) is 14.4 Å². The van der Waals surface area contributed by atoms with Gasteiger partial charge in [0.1, 0.15) is 6.10 Å². The van der Waals surface area contributed by atoms with Crippen LogP contribution < -0.4 is 5.73 Å². The first-order chi connectivity index (χ1) is 10.5. The lowest BCUT2D eigenvalue weighted by atomic mass is 9.79. The summed E-state index contributed by atoms with van der Waals surface area (Å²) in [5, 5.41) is 0. The molecule has 3 rings (SSSR count). The number of rotatable bonds is 3. The number of hydrogen-bond donors (Lipinski definition) is 1.